The van der Waals surface area contributed by atoms with Gasteiger partial charge < -0.3 is 31.2 Å². The molecule has 0 aliphatic carbocycles. The van der Waals surface area contributed by atoms with E-state index in [-0.39, 0.29) is 23.8 Å². The standard InChI is InChI=1S/C17H22NO3.BrH/c1-3-4-5-6-8-18-9-7-13-10-15-17(21-12-20-15)16(19-2)14(13)11-18;/h7,9-11H,3-6,8,12H2,1-2H3;1H/q+1;/p-1. The summed E-state index contributed by atoms with van der Waals surface area (Å²) in [5.74, 6) is 2.25. The number of hydrogen-bond donors (Lipinski definition) is 0. The molecular formula is C17H22BrNO3. The third kappa shape index (κ3) is 3.29. The van der Waals surface area contributed by atoms with Gasteiger partial charge in [-0.25, -0.2) is 4.57 Å². The van der Waals surface area contributed by atoms with E-state index in [1.165, 1.54) is 25.7 Å². The molecule has 0 saturated heterocycles. The molecule has 2 heterocycles. The molecule has 0 bridgehead atoms. The van der Waals surface area contributed by atoms with Crippen LogP contribution in [0.1, 0.15) is 32.6 Å². The Balaban J connectivity index is 0.00000176. The molecular weight excluding hydrogens is 346 g/mol. The van der Waals surface area contributed by atoms with Crippen LogP contribution >= 0.6 is 0 Å². The summed E-state index contributed by atoms with van der Waals surface area (Å²) in [5, 5.41) is 2.18. The van der Waals surface area contributed by atoms with Crippen LogP contribution in [0.3, 0.4) is 0 Å². The van der Waals surface area contributed by atoms with E-state index in [1.807, 2.05) is 6.07 Å². The Kier molecular flexibility index (Phi) is 5.89. The van der Waals surface area contributed by atoms with Crippen molar-refractivity contribution >= 4 is 10.8 Å². The van der Waals surface area contributed by atoms with Crippen molar-refractivity contribution in [2.45, 2.75) is 39.2 Å². The minimum absolute atomic E-state index is 0. The van der Waals surface area contributed by atoms with Crippen LogP contribution in [0.4, 0.5) is 0 Å². The predicted molar refractivity (Wildman–Crippen MR) is 81.0 cm³/mol. The Morgan fingerprint density at radius 3 is 2.86 bits per heavy atom. The first kappa shape index (κ1) is 16.9. The van der Waals surface area contributed by atoms with Crippen molar-refractivity contribution in [2.75, 3.05) is 13.9 Å². The molecule has 0 saturated carbocycles. The first-order valence-electron chi connectivity index (χ1n) is 7.63. The van der Waals surface area contributed by atoms with Gasteiger partial charge >= 0.3 is 0 Å². The third-order valence-corrected chi connectivity index (χ3v) is 3.90. The van der Waals surface area contributed by atoms with Crippen molar-refractivity contribution in [2.24, 2.45) is 0 Å². The number of methoxy groups -OCH3 is 1. The Morgan fingerprint density at radius 2 is 2.09 bits per heavy atom. The second kappa shape index (κ2) is 7.68. The average molecular weight is 368 g/mol. The summed E-state index contributed by atoms with van der Waals surface area (Å²) in [4.78, 5) is 0. The first-order valence-corrected chi connectivity index (χ1v) is 7.63. The van der Waals surface area contributed by atoms with Crippen LogP contribution < -0.4 is 35.8 Å². The molecule has 22 heavy (non-hydrogen) atoms. The molecule has 3 rings (SSSR count). The summed E-state index contributed by atoms with van der Waals surface area (Å²) < 4.78 is 18.8. The zero-order valence-electron chi connectivity index (χ0n) is 13.1. The summed E-state index contributed by atoms with van der Waals surface area (Å²) in [6, 6.07) is 4.13. The Labute approximate surface area is 141 Å². The molecule has 1 aliphatic rings. The minimum atomic E-state index is 0. The van der Waals surface area contributed by atoms with E-state index < -0.39 is 0 Å². The summed E-state index contributed by atoms with van der Waals surface area (Å²) >= 11 is 0. The zero-order chi connectivity index (χ0) is 14.7. The number of fused-ring (bicyclic) bond motifs is 2. The van der Waals surface area contributed by atoms with Gasteiger partial charge in [-0.15, -0.1) is 0 Å². The molecule has 0 N–H and O–H groups in total. The molecule has 0 unspecified atom stereocenters. The molecule has 0 amide bonds. The maximum absolute atomic E-state index is 5.55. The Morgan fingerprint density at radius 1 is 1.23 bits per heavy atom. The average Bonchev–Trinajstić information content (AvgIpc) is 2.97. The largest absolute Gasteiger partial charge is 1.00 e. The van der Waals surface area contributed by atoms with E-state index >= 15 is 0 Å². The fraction of sp³-hybridized carbons (Fsp3) is 0.471. The Hall–Kier alpha value is -1.49. The van der Waals surface area contributed by atoms with E-state index in [4.69, 9.17) is 14.2 Å². The topological polar surface area (TPSA) is 31.6 Å². The maximum atomic E-state index is 5.55. The molecule has 0 spiro atoms. The number of halogens is 1. The normalized spacial score (nSPS) is 12.3. The second-order valence-electron chi connectivity index (χ2n) is 5.39. The van der Waals surface area contributed by atoms with Crippen molar-refractivity contribution < 1.29 is 35.8 Å². The van der Waals surface area contributed by atoms with Crippen molar-refractivity contribution in [1.29, 1.82) is 0 Å². The van der Waals surface area contributed by atoms with Gasteiger partial charge in [-0.3, -0.25) is 0 Å². The lowest BCUT2D eigenvalue weighted by atomic mass is 10.1. The molecule has 2 aromatic rings. The number of aromatic nitrogens is 1. The van der Waals surface area contributed by atoms with Crippen LogP contribution in [0.15, 0.2) is 24.5 Å². The summed E-state index contributed by atoms with van der Waals surface area (Å²) in [6.07, 6.45) is 9.31. The van der Waals surface area contributed by atoms with E-state index in [2.05, 4.69) is 30.0 Å². The maximum Gasteiger partial charge on any atom is 0.231 e. The van der Waals surface area contributed by atoms with Gasteiger partial charge in [-0.1, -0.05) is 19.8 Å². The van der Waals surface area contributed by atoms with Gasteiger partial charge in [0.05, 0.1) is 12.5 Å². The van der Waals surface area contributed by atoms with Crippen molar-refractivity contribution in [3.63, 3.8) is 0 Å². The van der Waals surface area contributed by atoms with Gasteiger partial charge in [0.15, 0.2) is 23.9 Å². The number of rotatable bonds is 6. The van der Waals surface area contributed by atoms with Gasteiger partial charge in [0.1, 0.15) is 6.54 Å². The van der Waals surface area contributed by atoms with Gasteiger partial charge in [-0.2, -0.15) is 0 Å². The van der Waals surface area contributed by atoms with Crippen LogP contribution in [0.5, 0.6) is 17.2 Å². The van der Waals surface area contributed by atoms with Crippen LogP contribution in [-0.2, 0) is 6.54 Å². The smallest absolute Gasteiger partial charge is 0.231 e. The molecule has 4 nitrogen and oxygen atoms in total. The van der Waals surface area contributed by atoms with Gasteiger partial charge in [0.2, 0.25) is 12.5 Å². The lowest BCUT2D eigenvalue weighted by Gasteiger charge is -2.08. The SMILES string of the molecule is CCCCCC[n+]1ccc2cc3c(c(OC)c2c1)OCO3.[Br-]. The van der Waals surface area contributed by atoms with Crippen LogP contribution in [0, 0.1) is 0 Å². The zero-order valence-corrected chi connectivity index (χ0v) is 14.7. The minimum Gasteiger partial charge on any atom is -1.00 e. The molecule has 5 heteroatoms. The monoisotopic (exact) mass is 367 g/mol. The summed E-state index contributed by atoms with van der Waals surface area (Å²) in [5.41, 5.74) is 0. The van der Waals surface area contributed by atoms with E-state index in [0.717, 1.165) is 28.8 Å². The quantitative estimate of drug-likeness (QED) is 0.548. The molecule has 0 radical (unpaired) electrons. The molecule has 1 aromatic carbocycles. The van der Waals surface area contributed by atoms with Crippen molar-refractivity contribution in [3.05, 3.63) is 24.5 Å². The Bertz CT molecular complexity index is 645. The lowest BCUT2D eigenvalue weighted by molar-refractivity contribution is -0.696. The van der Waals surface area contributed by atoms with Crippen molar-refractivity contribution in [1.82, 2.24) is 0 Å². The van der Waals surface area contributed by atoms with Gasteiger partial charge in [-0.05, 0) is 12.5 Å². The van der Waals surface area contributed by atoms with E-state index in [0.29, 0.717) is 5.75 Å². The van der Waals surface area contributed by atoms with E-state index in [1.54, 1.807) is 7.11 Å². The number of hydrogen-bond acceptors (Lipinski definition) is 3. The molecule has 120 valence electrons. The van der Waals surface area contributed by atoms with Crippen LogP contribution in [0.25, 0.3) is 10.8 Å². The number of ether oxygens (including phenoxy) is 3. The molecule has 0 fully saturated rings. The highest BCUT2D eigenvalue weighted by molar-refractivity contribution is 5.92. The molecule has 0 atom stereocenters. The van der Waals surface area contributed by atoms with Gasteiger partial charge in [0.25, 0.3) is 0 Å². The number of nitrogens with zero attached hydrogens (tertiary/aromatic N) is 1. The first-order chi connectivity index (χ1) is 10.3. The van der Waals surface area contributed by atoms with Crippen molar-refractivity contribution in [3.8, 4) is 17.2 Å². The lowest BCUT2D eigenvalue weighted by Crippen LogP contribution is -3.00. The number of pyridine rings is 1. The molecule has 1 aromatic heterocycles. The highest BCUT2D eigenvalue weighted by atomic mass is 79.9. The molecule has 1 aliphatic heterocycles. The fourth-order valence-corrected chi connectivity index (χ4v) is 2.76. The summed E-state index contributed by atoms with van der Waals surface area (Å²) in [7, 11) is 1.68. The second-order valence-corrected chi connectivity index (χ2v) is 5.39. The number of unbranched alkanes of at least 4 members (excludes halogenated alkanes) is 3. The highest BCUT2D eigenvalue weighted by Crippen LogP contribution is 2.45. The predicted octanol–water partition coefficient (Wildman–Crippen LogP) is 0.449. The summed E-state index contributed by atoms with van der Waals surface area (Å²) in [6.45, 7) is 3.53. The van der Waals surface area contributed by atoms with Crippen LogP contribution in [-0.4, -0.2) is 13.9 Å². The van der Waals surface area contributed by atoms with Gasteiger partial charge in [0, 0.05) is 17.9 Å². The fourth-order valence-electron chi connectivity index (χ4n) is 2.76. The number of aryl methyl sites for hydroxylation is 1. The van der Waals surface area contributed by atoms with E-state index in [9.17, 15) is 0 Å². The van der Waals surface area contributed by atoms with Crippen LogP contribution in [0.2, 0.25) is 0 Å². The highest BCUT2D eigenvalue weighted by Gasteiger charge is 2.23. The third-order valence-electron chi connectivity index (χ3n) is 3.90. The number of benzene rings is 1.